The number of rotatable bonds is 0. The maximum absolute atomic E-state index is 14.2. The van der Waals surface area contributed by atoms with E-state index in [0.29, 0.717) is 11.5 Å². The van der Waals surface area contributed by atoms with Crippen LogP contribution in [-0.4, -0.2) is 16.1 Å². The van der Waals surface area contributed by atoms with Crippen LogP contribution in [0.2, 0.25) is 0 Å². The Morgan fingerprint density at radius 1 is 0.634 bits per heavy atom. The third-order valence-corrected chi connectivity index (χ3v) is 8.69. The van der Waals surface area contributed by atoms with Gasteiger partial charge in [-0.15, -0.1) is 0 Å². The molecule has 4 heteroatoms. The summed E-state index contributed by atoms with van der Waals surface area (Å²) in [6.07, 6.45) is 5.79. The van der Waals surface area contributed by atoms with Gasteiger partial charge < -0.3 is 15.5 Å². The number of phenolic OH excluding ortho intramolecular Hbond substituents is 2. The first-order chi connectivity index (χ1) is 18.6. The Kier molecular flexibility index (Phi) is 9.10. The van der Waals surface area contributed by atoms with Crippen molar-refractivity contribution in [3.05, 3.63) is 51.1 Å². The number of fused-ring (bicyclic) bond motifs is 2. The van der Waals surface area contributed by atoms with Crippen molar-refractivity contribution in [3.8, 4) is 11.5 Å². The summed E-state index contributed by atoms with van der Waals surface area (Å²) < 4.78 is 0. The molecule has 1 amide bonds. The zero-order valence-electron chi connectivity index (χ0n) is 28.3. The van der Waals surface area contributed by atoms with Crippen molar-refractivity contribution in [2.75, 3.05) is 5.32 Å². The normalized spacial score (nSPS) is 18.0. The average Bonchev–Trinajstić information content (AvgIpc) is 2.78. The Hall–Kier alpha value is -2.49. The van der Waals surface area contributed by atoms with Gasteiger partial charge in [-0.05, 0) is 82.6 Å². The lowest BCUT2D eigenvalue weighted by Gasteiger charge is -2.33. The molecule has 41 heavy (non-hydrogen) atoms. The predicted molar refractivity (Wildman–Crippen MR) is 174 cm³/mol. The van der Waals surface area contributed by atoms with Crippen LogP contribution >= 0.6 is 0 Å². The third-order valence-electron chi connectivity index (χ3n) is 8.69. The second-order valence-electron chi connectivity index (χ2n) is 16.5. The fourth-order valence-corrected chi connectivity index (χ4v) is 6.57. The van der Waals surface area contributed by atoms with Crippen molar-refractivity contribution < 1.29 is 15.0 Å². The first-order valence-electron chi connectivity index (χ1n) is 15.7. The number of carbonyl (C=O) groups excluding carboxylic acids is 1. The number of amides is 1. The molecule has 3 N–H and O–H groups in total. The smallest absolute Gasteiger partial charge is 0.231 e. The number of carbonyl (C=O) groups is 1. The molecule has 2 aromatic rings. The van der Waals surface area contributed by atoms with Gasteiger partial charge in [0.15, 0.2) is 0 Å². The molecule has 1 aliphatic rings. The highest BCUT2D eigenvalue weighted by Crippen LogP contribution is 2.47. The fraction of sp³-hybridized carbons (Fsp3) is 0.649. The fourth-order valence-electron chi connectivity index (χ4n) is 6.57. The van der Waals surface area contributed by atoms with Crippen LogP contribution in [0.15, 0.2) is 12.1 Å². The standard InChI is InChI=1S/C37H57NO3/c1-22-25-20-26(34(2,3)4)31(39)29(36(8,9)10)23(25)18-16-14-15-17-19-24-28(38-33(22)41)21-27(35(5,6)7)32(40)30(24)37(11,12)13/h20-22,39-40H,14-19H2,1-13H3,(H,38,41). The summed E-state index contributed by atoms with van der Waals surface area (Å²) in [6, 6.07) is 4.12. The van der Waals surface area contributed by atoms with Crippen molar-refractivity contribution in [1.29, 1.82) is 0 Å². The molecule has 0 aliphatic carbocycles. The summed E-state index contributed by atoms with van der Waals surface area (Å²) >= 11 is 0. The van der Waals surface area contributed by atoms with E-state index < -0.39 is 5.92 Å². The third kappa shape index (κ3) is 6.95. The van der Waals surface area contributed by atoms with Crippen molar-refractivity contribution in [3.63, 3.8) is 0 Å². The molecule has 1 unspecified atom stereocenters. The van der Waals surface area contributed by atoms with Gasteiger partial charge in [-0.2, -0.15) is 0 Å². The minimum atomic E-state index is -0.411. The quantitative estimate of drug-likeness (QED) is 0.279. The van der Waals surface area contributed by atoms with E-state index in [1.54, 1.807) is 0 Å². The summed E-state index contributed by atoms with van der Waals surface area (Å²) in [7, 11) is 0. The van der Waals surface area contributed by atoms with Gasteiger partial charge >= 0.3 is 0 Å². The number of anilines is 1. The van der Waals surface area contributed by atoms with Crippen molar-refractivity contribution in [1.82, 2.24) is 0 Å². The Morgan fingerprint density at radius 2 is 1.05 bits per heavy atom. The summed E-state index contributed by atoms with van der Waals surface area (Å²) in [5.41, 5.74) is 6.56. The number of benzene rings is 2. The molecule has 0 bridgehead atoms. The van der Waals surface area contributed by atoms with E-state index in [0.717, 1.165) is 83.2 Å². The van der Waals surface area contributed by atoms with Gasteiger partial charge in [-0.25, -0.2) is 0 Å². The Morgan fingerprint density at radius 3 is 1.49 bits per heavy atom. The zero-order valence-corrected chi connectivity index (χ0v) is 28.3. The lowest BCUT2D eigenvalue weighted by Crippen LogP contribution is -2.26. The van der Waals surface area contributed by atoms with E-state index in [1.807, 2.05) is 13.0 Å². The van der Waals surface area contributed by atoms with Crippen LogP contribution in [-0.2, 0) is 39.3 Å². The Bertz CT molecular complexity index is 1290. The molecule has 228 valence electrons. The second kappa shape index (κ2) is 11.3. The van der Waals surface area contributed by atoms with Gasteiger partial charge in [-0.1, -0.05) is 102 Å². The van der Waals surface area contributed by atoms with Crippen LogP contribution in [0.1, 0.15) is 161 Å². The monoisotopic (exact) mass is 563 g/mol. The molecule has 1 aliphatic heterocycles. The van der Waals surface area contributed by atoms with Crippen LogP contribution in [0.4, 0.5) is 5.69 Å². The topological polar surface area (TPSA) is 69.6 Å². The van der Waals surface area contributed by atoms with Crippen molar-refractivity contribution >= 4 is 11.6 Å². The van der Waals surface area contributed by atoms with E-state index in [-0.39, 0.29) is 27.6 Å². The minimum absolute atomic E-state index is 0.0532. The Balaban J connectivity index is 2.33. The molecular formula is C37H57NO3. The SMILES string of the molecule is CC1C(=O)Nc2cc(C(C)(C)C)c(O)c(C(C)(C)C)c2CCCCCCc2c1cc(C(C)(C)C)c(O)c2C(C)(C)C. The molecule has 0 aromatic heterocycles. The average molecular weight is 564 g/mol. The van der Waals surface area contributed by atoms with Crippen molar-refractivity contribution in [2.24, 2.45) is 0 Å². The summed E-state index contributed by atoms with van der Waals surface area (Å²) in [6.45, 7) is 27.6. The molecule has 4 nitrogen and oxygen atoms in total. The number of hydrogen-bond acceptors (Lipinski definition) is 3. The molecular weight excluding hydrogens is 506 g/mol. The minimum Gasteiger partial charge on any atom is -0.507 e. The van der Waals surface area contributed by atoms with Gasteiger partial charge in [0.05, 0.1) is 5.92 Å². The molecule has 0 spiro atoms. The highest BCUT2D eigenvalue weighted by atomic mass is 16.3. The number of phenols is 2. The van der Waals surface area contributed by atoms with E-state index in [9.17, 15) is 15.0 Å². The molecule has 0 saturated carbocycles. The first-order valence-corrected chi connectivity index (χ1v) is 15.7. The van der Waals surface area contributed by atoms with Crippen LogP contribution in [0.5, 0.6) is 11.5 Å². The molecule has 1 atom stereocenters. The van der Waals surface area contributed by atoms with Crippen LogP contribution in [0.3, 0.4) is 0 Å². The number of nitrogens with one attached hydrogen (secondary N) is 1. The maximum atomic E-state index is 14.2. The van der Waals surface area contributed by atoms with Crippen LogP contribution in [0, 0.1) is 0 Å². The predicted octanol–water partition coefficient (Wildman–Crippen LogP) is 9.69. The van der Waals surface area contributed by atoms with E-state index in [4.69, 9.17) is 0 Å². The van der Waals surface area contributed by atoms with E-state index in [1.165, 1.54) is 0 Å². The van der Waals surface area contributed by atoms with Gasteiger partial charge in [0.1, 0.15) is 11.5 Å². The summed E-state index contributed by atoms with van der Waals surface area (Å²) in [5, 5.41) is 26.6. The largest absolute Gasteiger partial charge is 0.507 e. The second-order valence-corrected chi connectivity index (χ2v) is 16.5. The van der Waals surface area contributed by atoms with Gasteiger partial charge in [-0.3, -0.25) is 4.79 Å². The molecule has 1 heterocycles. The van der Waals surface area contributed by atoms with Gasteiger partial charge in [0.2, 0.25) is 5.91 Å². The maximum Gasteiger partial charge on any atom is 0.231 e. The van der Waals surface area contributed by atoms with Crippen molar-refractivity contribution in [2.45, 2.75) is 156 Å². The van der Waals surface area contributed by atoms with Gasteiger partial charge in [0.25, 0.3) is 0 Å². The molecule has 0 fully saturated rings. The lowest BCUT2D eigenvalue weighted by atomic mass is 9.73. The number of aromatic hydroxyl groups is 2. The highest BCUT2D eigenvalue weighted by Gasteiger charge is 2.35. The molecule has 2 aromatic carbocycles. The summed E-state index contributed by atoms with van der Waals surface area (Å²) in [4.78, 5) is 14.2. The summed E-state index contributed by atoms with van der Waals surface area (Å²) in [5.74, 6) is 0.279. The van der Waals surface area contributed by atoms with Crippen LogP contribution < -0.4 is 5.32 Å². The molecule has 0 saturated heterocycles. The first kappa shape index (κ1) is 33.0. The number of hydrogen-bond donors (Lipinski definition) is 3. The van der Waals surface area contributed by atoms with Gasteiger partial charge in [0, 0.05) is 22.4 Å². The Labute approximate surface area is 250 Å². The van der Waals surface area contributed by atoms with E-state index in [2.05, 4.69) is 94.5 Å². The zero-order chi connectivity index (χ0) is 31.3. The molecule has 0 radical (unpaired) electrons. The highest BCUT2D eigenvalue weighted by molar-refractivity contribution is 5.97. The van der Waals surface area contributed by atoms with E-state index >= 15 is 0 Å². The van der Waals surface area contributed by atoms with Crippen LogP contribution in [0.25, 0.3) is 0 Å². The molecule has 3 rings (SSSR count). The lowest BCUT2D eigenvalue weighted by molar-refractivity contribution is -0.117.